The van der Waals surface area contributed by atoms with Crippen molar-refractivity contribution in [1.29, 1.82) is 0 Å². The van der Waals surface area contributed by atoms with Crippen LogP contribution in [0.25, 0.3) is 10.9 Å². The third-order valence-electron chi connectivity index (χ3n) is 3.44. The Morgan fingerprint density at radius 3 is 2.79 bits per heavy atom. The van der Waals surface area contributed by atoms with Crippen LogP contribution in [-0.2, 0) is 7.05 Å². The molecular weight excluding hydrogens is 238 g/mol. The number of rotatable bonds is 7. The van der Waals surface area contributed by atoms with Gasteiger partial charge in [0.15, 0.2) is 6.29 Å². The van der Waals surface area contributed by atoms with Crippen molar-refractivity contribution in [3.05, 3.63) is 30.0 Å². The Kier molecular flexibility index (Phi) is 4.61. The summed E-state index contributed by atoms with van der Waals surface area (Å²) in [5, 5.41) is 1.07. The number of nitrogens with zero attached hydrogens (tertiary/aromatic N) is 1. The largest absolute Gasteiger partial charge is 0.494 e. The lowest BCUT2D eigenvalue weighted by atomic mass is 10.2. The number of aldehydes is 1. The average Bonchev–Trinajstić information content (AvgIpc) is 2.75. The molecule has 0 aliphatic rings. The van der Waals surface area contributed by atoms with Crippen LogP contribution >= 0.6 is 0 Å². The van der Waals surface area contributed by atoms with E-state index in [0.29, 0.717) is 5.69 Å². The summed E-state index contributed by atoms with van der Waals surface area (Å²) in [5.74, 6) is 0.877. The SMILES string of the molecule is CCCCCCOc1ccc2cc(C=O)n(C)c2c1. The van der Waals surface area contributed by atoms with Crippen molar-refractivity contribution in [2.75, 3.05) is 6.61 Å². The van der Waals surface area contributed by atoms with Crippen LogP contribution in [0, 0.1) is 0 Å². The third-order valence-corrected chi connectivity index (χ3v) is 3.44. The summed E-state index contributed by atoms with van der Waals surface area (Å²) in [6.45, 7) is 2.96. The topological polar surface area (TPSA) is 31.2 Å². The van der Waals surface area contributed by atoms with E-state index in [1.807, 2.05) is 35.9 Å². The quantitative estimate of drug-likeness (QED) is 0.557. The first-order valence-electron chi connectivity index (χ1n) is 6.93. The Morgan fingerprint density at radius 1 is 1.21 bits per heavy atom. The molecule has 102 valence electrons. The smallest absolute Gasteiger partial charge is 0.166 e. The molecule has 0 radical (unpaired) electrons. The highest BCUT2D eigenvalue weighted by Crippen LogP contribution is 2.23. The zero-order chi connectivity index (χ0) is 13.7. The van der Waals surface area contributed by atoms with Gasteiger partial charge in [0.2, 0.25) is 0 Å². The number of hydrogen-bond donors (Lipinski definition) is 0. The number of carbonyl (C=O) groups excluding carboxylic acids is 1. The van der Waals surface area contributed by atoms with Gasteiger partial charge in [0.05, 0.1) is 17.8 Å². The number of aromatic nitrogens is 1. The molecular formula is C16H21NO2. The van der Waals surface area contributed by atoms with Crippen molar-refractivity contribution < 1.29 is 9.53 Å². The summed E-state index contributed by atoms with van der Waals surface area (Å²) < 4.78 is 7.65. The number of benzene rings is 1. The van der Waals surface area contributed by atoms with Crippen molar-refractivity contribution in [3.63, 3.8) is 0 Å². The first kappa shape index (κ1) is 13.7. The van der Waals surface area contributed by atoms with Gasteiger partial charge in [-0.15, -0.1) is 0 Å². The van der Waals surface area contributed by atoms with Crippen molar-refractivity contribution in [2.45, 2.75) is 32.6 Å². The van der Waals surface area contributed by atoms with Gasteiger partial charge in [-0.1, -0.05) is 26.2 Å². The molecule has 3 nitrogen and oxygen atoms in total. The molecule has 0 spiro atoms. The second kappa shape index (κ2) is 6.41. The Morgan fingerprint density at radius 2 is 2.05 bits per heavy atom. The lowest BCUT2D eigenvalue weighted by Gasteiger charge is -2.07. The van der Waals surface area contributed by atoms with Crippen molar-refractivity contribution in [1.82, 2.24) is 4.57 Å². The molecule has 3 heteroatoms. The van der Waals surface area contributed by atoms with E-state index in [4.69, 9.17) is 4.74 Å². The molecule has 2 aromatic rings. The lowest BCUT2D eigenvalue weighted by molar-refractivity contribution is 0.111. The number of hydrogen-bond acceptors (Lipinski definition) is 2. The van der Waals surface area contributed by atoms with E-state index in [9.17, 15) is 4.79 Å². The molecule has 0 aliphatic carbocycles. The van der Waals surface area contributed by atoms with Gasteiger partial charge in [-0.25, -0.2) is 0 Å². The summed E-state index contributed by atoms with van der Waals surface area (Å²) >= 11 is 0. The van der Waals surface area contributed by atoms with Gasteiger partial charge in [-0.3, -0.25) is 4.79 Å². The number of unbranched alkanes of at least 4 members (excludes halogenated alkanes) is 3. The number of fused-ring (bicyclic) bond motifs is 1. The maximum Gasteiger partial charge on any atom is 0.166 e. The molecule has 1 heterocycles. The molecule has 0 bridgehead atoms. The lowest BCUT2D eigenvalue weighted by Crippen LogP contribution is -1.98. The molecule has 0 N–H and O–H groups in total. The molecule has 0 fully saturated rings. The van der Waals surface area contributed by atoms with Crippen molar-refractivity contribution >= 4 is 17.2 Å². The fourth-order valence-corrected chi connectivity index (χ4v) is 2.25. The molecule has 1 aromatic heterocycles. The highest BCUT2D eigenvalue weighted by atomic mass is 16.5. The van der Waals surface area contributed by atoms with Gasteiger partial charge in [-0.05, 0) is 24.6 Å². The third kappa shape index (κ3) is 3.16. The van der Waals surface area contributed by atoms with Gasteiger partial charge in [0.25, 0.3) is 0 Å². The number of carbonyl (C=O) groups is 1. The van der Waals surface area contributed by atoms with Gasteiger partial charge < -0.3 is 9.30 Å². The zero-order valence-electron chi connectivity index (χ0n) is 11.7. The van der Waals surface area contributed by atoms with E-state index in [1.165, 1.54) is 19.3 Å². The number of ether oxygens (including phenoxy) is 1. The zero-order valence-corrected chi connectivity index (χ0v) is 11.7. The van der Waals surface area contributed by atoms with Crippen LogP contribution in [0.5, 0.6) is 5.75 Å². The molecule has 2 rings (SSSR count). The second-order valence-corrected chi connectivity index (χ2v) is 4.88. The highest BCUT2D eigenvalue weighted by molar-refractivity contribution is 5.89. The predicted molar refractivity (Wildman–Crippen MR) is 77.9 cm³/mol. The van der Waals surface area contributed by atoms with Gasteiger partial charge in [0, 0.05) is 18.5 Å². The monoisotopic (exact) mass is 259 g/mol. The van der Waals surface area contributed by atoms with Crippen molar-refractivity contribution in [2.24, 2.45) is 7.05 Å². The first-order chi connectivity index (χ1) is 9.26. The normalized spacial score (nSPS) is 10.8. The molecule has 0 aliphatic heterocycles. The van der Waals surface area contributed by atoms with Crippen LogP contribution in [0.1, 0.15) is 43.1 Å². The minimum absolute atomic E-state index is 0.690. The maximum absolute atomic E-state index is 10.9. The van der Waals surface area contributed by atoms with Gasteiger partial charge in [-0.2, -0.15) is 0 Å². The van der Waals surface area contributed by atoms with Crippen molar-refractivity contribution in [3.8, 4) is 5.75 Å². The van der Waals surface area contributed by atoms with Crippen LogP contribution in [0.3, 0.4) is 0 Å². The summed E-state index contributed by atoms with van der Waals surface area (Å²) in [6.07, 6.45) is 5.70. The molecule has 1 aromatic carbocycles. The standard InChI is InChI=1S/C16H21NO2/c1-3-4-5-6-9-19-15-8-7-13-10-14(12-18)17(2)16(13)11-15/h7-8,10-12H,3-6,9H2,1-2H3. The minimum Gasteiger partial charge on any atom is -0.494 e. The Labute approximate surface area is 114 Å². The molecule has 0 amide bonds. The number of aryl methyl sites for hydroxylation is 1. The highest BCUT2D eigenvalue weighted by Gasteiger charge is 2.06. The summed E-state index contributed by atoms with van der Waals surface area (Å²) in [6, 6.07) is 7.87. The van der Waals surface area contributed by atoms with Gasteiger partial charge >= 0.3 is 0 Å². The molecule has 0 unspecified atom stereocenters. The molecule has 0 saturated heterocycles. The van der Waals surface area contributed by atoms with E-state index >= 15 is 0 Å². The van der Waals surface area contributed by atoms with Crippen LogP contribution in [0.15, 0.2) is 24.3 Å². The fraction of sp³-hybridized carbons (Fsp3) is 0.438. The van der Waals surface area contributed by atoms with Crippen LogP contribution < -0.4 is 4.74 Å². The van der Waals surface area contributed by atoms with E-state index in [0.717, 1.165) is 36.0 Å². The van der Waals surface area contributed by atoms with E-state index in [2.05, 4.69) is 6.92 Å². The molecule has 0 atom stereocenters. The maximum atomic E-state index is 10.9. The van der Waals surface area contributed by atoms with E-state index in [-0.39, 0.29) is 0 Å². The Hall–Kier alpha value is -1.77. The van der Waals surface area contributed by atoms with Crippen LogP contribution in [0.2, 0.25) is 0 Å². The summed E-state index contributed by atoms with van der Waals surface area (Å²) in [5.41, 5.74) is 1.73. The minimum atomic E-state index is 0.690. The summed E-state index contributed by atoms with van der Waals surface area (Å²) in [7, 11) is 1.90. The summed E-state index contributed by atoms with van der Waals surface area (Å²) in [4.78, 5) is 10.9. The Balaban J connectivity index is 2.04. The predicted octanol–water partition coefficient (Wildman–Crippen LogP) is 3.95. The molecule has 19 heavy (non-hydrogen) atoms. The van der Waals surface area contributed by atoms with Crippen LogP contribution in [-0.4, -0.2) is 17.5 Å². The van der Waals surface area contributed by atoms with Crippen LogP contribution in [0.4, 0.5) is 0 Å². The van der Waals surface area contributed by atoms with E-state index in [1.54, 1.807) is 0 Å². The fourth-order valence-electron chi connectivity index (χ4n) is 2.25. The van der Waals surface area contributed by atoms with E-state index < -0.39 is 0 Å². The average molecular weight is 259 g/mol. The van der Waals surface area contributed by atoms with Gasteiger partial charge in [0.1, 0.15) is 5.75 Å². The first-order valence-corrected chi connectivity index (χ1v) is 6.93. The Bertz CT molecular complexity index is 557. The molecule has 0 saturated carbocycles. The second-order valence-electron chi connectivity index (χ2n) is 4.88.